The number of halogens is 1. The second-order valence-electron chi connectivity index (χ2n) is 13.2. The monoisotopic (exact) mass is 599 g/mol. The molecule has 1 saturated carbocycles. The van der Waals surface area contributed by atoms with Gasteiger partial charge in [-0.3, -0.25) is 14.4 Å². The summed E-state index contributed by atoms with van der Waals surface area (Å²) in [5, 5.41) is 1.40. The molecule has 1 aliphatic heterocycles. The molecule has 2 heterocycles. The summed E-state index contributed by atoms with van der Waals surface area (Å²) in [7, 11) is 1.58. The number of rotatable bonds is 9. The minimum absolute atomic E-state index is 0.0262. The Bertz CT molecular complexity index is 1320. The van der Waals surface area contributed by atoms with Crippen LogP contribution in [0.4, 0.5) is 4.79 Å². The van der Waals surface area contributed by atoms with E-state index < -0.39 is 23.7 Å². The van der Waals surface area contributed by atoms with E-state index in [1.807, 2.05) is 29.3 Å². The van der Waals surface area contributed by atoms with Crippen LogP contribution in [0.1, 0.15) is 96.3 Å². The molecule has 230 valence electrons. The molecule has 2 aliphatic rings. The highest BCUT2D eigenvalue weighted by atomic mass is 35.5. The average molecular weight is 600 g/mol. The number of ether oxygens (including phenoxy) is 1. The van der Waals surface area contributed by atoms with E-state index in [0.29, 0.717) is 23.7 Å². The molecule has 1 aromatic carbocycles. The summed E-state index contributed by atoms with van der Waals surface area (Å²) in [6, 6.07) is 4.84. The molecule has 3 atom stereocenters. The summed E-state index contributed by atoms with van der Waals surface area (Å²) in [4.78, 5) is 56.2. The Hall–Kier alpha value is -2.87. The van der Waals surface area contributed by atoms with Crippen molar-refractivity contribution < 1.29 is 23.9 Å². The first-order valence-corrected chi connectivity index (χ1v) is 15.7. The van der Waals surface area contributed by atoms with Crippen LogP contribution in [-0.2, 0) is 20.9 Å². The van der Waals surface area contributed by atoms with Gasteiger partial charge < -0.3 is 19.1 Å². The van der Waals surface area contributed by atoms with Gasteiger partial charge in [-0.25, -0.2) is 4.79 Å². The van der Waals surface area contributed by atoms with Crippen molar-refractivity contribution in [3.05, 3.63) is 35.0 Å². The smallest absolute Gasteiger partial charge is 0.410 e. The Morgan fingerprint density at radius 1 is 1.07 bits per heavy atom. The number of benzene rings is 1. The molecule has 1 saturated heterocycles. The highest BCUT2D eigenvalue weighted by Gasteiger charge is 2.40. The van der Waals surface area contributed by atoms with E-state index in [4.69, 9.17) is 16.3 Å². The molecule has 1 aliphatic carbocycles. The molecule has 0 spiro atoms. The first-order chi connectivity index (χ1) is 19.8. The van der Waals surface area contributed by atoms with Crippen molar-refractivity contribution in [3.63, 3.8) is 0 Å². The van der Waals surface area contributed by atoms with Gasteiger partial charge in [0.15, 0.2) is 11.6 Å². The van der Waals surface area contributed by atoms with Crippen LogP contribution in [-0.4, -0.2) is 69.2 Å². The SMILES string of the molecule is CC(=O)c1cn(C[C@@H]2CCCN2C(=O)[C@@H](CC(=O)[C@H](C)N(C)C(=O)OC(C)(C)C)C2CCCCC2)c2ccc(Cl)cc12. The molecule has 9 heteroatoms. The van der Waals surface area contributed by atoms with Gasteiger partial charge in [0.05, 0.1) is 6.04 Å². The number of amides is 2. The van der Waals surface area contributed by atoms with Crippen LogP contribution in [0.3, 0.4) is 0 Å². The molecule has 2 amide bonds. The Labute approximate surface area is 254 Å². The van der Waals surface area contributed by atoms with Crippen LogP contribution in [0.2, 0.25) is 5.02 Å². The Morgan fingerprint density at radius 2 is 1.76 bits per heavy atom. The van der Waals surface area contributed by atoms with E-state index >= 15 is 0 Å². The molecule has 1 aromatic heterocycles. The summed E-state index contributed by atoms with van der Waals surface area (Å²) in [6.45, 7) is 9.87. The fourth-order valence-electron chi connectivity index (χ4n) is 6.54. The van der Waals surface area contributed by atoms with Crippen LogP contribution >= 0.6 is 11.6 Å². The normalized spacial score (nSPS) is 19.5. The lowest BCUT2D eigenvalue weighted by Gasteiger charge is -2.35. The fourth-order valence-corrected chi connectivity index (χ4v) is 6.72. The molecule has 42 heavy (non-hydrogen) atoms. The first kappa shape index (κ1) is 32.1. The molecular weight excluding hydrogens is 554 g/mol. The fraction of sp³-hybridized carbons (Fsp3) is 0.636. The third-order valence-corrected chi connectivity index (χ3v) is 9.21. The third kappa shape index (κ3) is 7.36. The van der Waals surface area contributed by atoms with Gasteiger partial charge in [-0.05, 0) is 84.4 Å². The van der Waals surface area contributed by atoms with Crippen molar-refractivity contribution in [2.75, 3.05) is 13.6 Å². The molecular formula is C33H46ClN3O5. The molecule has 8 nitrogen and oxygen atoms in total. The van der Waals surface area contributed by atoms with Gasteiger partial charge in [-0.1, -0.05) is 30.9 Å². The second-order valence-corrected chi connectivity index (χ2v) is 13.6. The molecule has 0 N–H and O–H groups in total. The number of likely N-dealkylation sites (tertiary alicyclic amines) is 1. The summed E-state index contributed by atoms with van der Waals surface area (Å²) in [5.74, 6) is -0.379. The molecule has 0 unspecified atom stereocenters. The maximum Gasteiger partial charge on any atom is 0.410 e. The zero-order valence-electron chi connectivity index (χ0n) is 26.0. The molecule has 4 rings (SSSR count). The predicted molar refractivity (Wildman–Crippen MR) is 165 cm³/mol. The van der Waals surface area contributed by atoms with Gasteiger partial charge in [-0.15, -0.1) is 0 Å². The number of carbonyl (C=O) groups excluding carboxylic acids is 4. The maximum absolute atomic E-state index is 14.3. The van der Waals surface area contributed by atoms with Gasteiger partial charge in [-0.2, -0.15) is 0 Å². The summed E-state index contributed by atoms with van der Waals surface area (Å²) in [5.41, 5.74) is 0.876. The maximum atomic E-state index is 14.3. The lowest BCUT2D eigenvalue weighted by atomic mass is 9.76. The minimum Gasteiger partial charge on any atom is -0.444 e. The lowest BCUT2D eigenvalue weighted by molar-refractivity contribution is -0.142. The molecule has 2 fully saturated rings. The second kappa shape index (κ2) is 13.2. The van der Waals surface area contributed by atoms with Crippen molar-refractivity contribution in [1.82, 2.24) is 14.4 Å². The number of hydrogen-bond donors (Lipinski definition) is 0. The van der Waals surface area contributed by atoms with Crippen molar-refractivity contribution in [2.45, 2.75) is 110 Å². The molecule has 0 bridgehead atoms. The quantitative estimate of drug-likeness (QED) is 0.293. The Kier molecular flexibility index (Phi) is 10.1. The van der Waals surface area contributed by atoms with E-state index in [9.17, 15) is 19.2 Å². The lowest BCUT2D eigenvalue weighted by Crippen LogP contribution is -2.47. The third-order valence-electron chi connectivity index (χ3n) is 8.98. The topological polar surface area (TPSA) is 88.9 Å². The van der Waals surface area contributed by atoms with E-state index in [1.165, 1.54) is 4.90 Å². The van der Waals surface area contributed by atoms with E-state index in [-0.39, 0.29) is 35.9 Å². The van der Waals surface area contributed by atoms with E-state index in [0.717, 1.165) is 55.8 Å². The highest BCUT2D eigenvalue weighted by molar-refractivity contribution is 6.31. The van der Waals surface area contributed by atoms with E-state index in [1.54, 1.807) is 41.7 Å². The first-order valence-electron chi connectivity index (χ1n) is 15.3. The number of fused-ring (bicyclic) bond motifs is 1. The summed E-state index contributed by atoms with van der Waals surface area (Å²) < 4.78 is 7.54. The molecule has 2 aromatic rings. The molecule has 0 radical (unpaired) electrons. The number of nitrogens with zero attached hydrogens (tertiary/aromatic N) is 3. The average Bonchev–Trinajstić information content (AvgIpc) is 3.54. The largest absolute Gasteiger partial charge is 0.444 e. The number of Topliss-reactive ketones (excluding diaryl/α,β-unsaturated/α-hetero) is 2. The number of carbonyl (C=O) groups is 4. The number of aromatic nitrogens is 1. The Morgan fingerprint density at radius 3 is 2.40 bits per heavy atom. The van der Waals surface area contributed by atoms with Crippen LogP contribution in [0.5, 0.6) is 0 Å². The number of ketones is 2. The van der Waals surface area contributed by atoms with Crippen LogP contribution in [0.25, 0.3) is 10.9 Å². The Balaban J connectivity index is 1.54. The van der Waals surface area contributed by atoms with Crippen molar-refractivity contribution in [2.24, 2.45) is 11.8 Å². The predicted octanol–water partition coefficient (Wildman–Crippen LogP) is 6.90. The van der Waals surface area contributed by atoms with Gasteiger partial charge in [0.25, 0.3) is 0 Å². The van der Waals surface area contributed by atoms with Crippen LogP contribution in [0, 0.1) is 11.8 Å². The zero-order chi connectivity index (χ0) is 30.8. The van der Waals surface area contributed by atoms with Crippen LogP contribution < -0.4 is 0 Å². The van der Waals surface area contributed by atoms with Crippen molar-refractivity contribution in [1.29, 1.82) is 0 Å². The van der Waals surface area contributed by atoms with Crippen LogP contribution in [0.15, 0.2) is 24.4 Å². The highest BCUT2D eigenvalue weighted by Crippen LogP contribution is 2.36. The number of likely N-dealkylation sites (N-methyl/N-ethyl adjacent to an activating group) is 1. The van der Waals surface area contributed by atoms with E-state index in [2.05, 4.69) is 4.57 Å². The van der Waals surface area contributed by atoms with Gasteiger partial charge in [0, 0.05) is 66.2 Å². The summed E-state index contributed by atoms with van der Waals surface area (Å²) >= 11 is 6.25. The number of hydrogen-bond acceptors (Lipinski definition) is 5. The minimum atomic E-state index is -0.698. The standard InChI is InChI=1S/C33H46ClN3O5/c1-21(35(6)32(41)42-33(3,4)5)30(39)18-26(23-11-8-7-9-12-23)31(40)37-16-10-13-25(37)19-36-20-28(22(2)38)27-17-24(34)14-15-29(27)36/h14-15,17,20-21,23,25-26H,7-13,16,18-19H2,1-6H3/t21-,25-,26-/m0/s1. The van der Waals surface area contributed by atoms with Gasteiger partial charge >= 0.3 is 6.09 Å². The van der Waals surface area contributed by atoms with Gasteiger partial charge in [0.1, 0.15) is 5.60 Å². The van der Waals surface area contributed by atoms with Crippen molar-refractivity contribution >= 4 is 46.1 Å². The van der Waals surface area contributed by atoms with Gasteiger partial charge in [0.2, 0.25) is 5.91 Å². The van der Waals surface area contributed by atoms with Crippen molar-refractivity contribution in [3.8, 4) is 0 Å². The summed E-state index contributed by atoms with van der Waals surface area (Å²) in [6.07, 6.45) is 8.33. The zero-order valence-corrected chi connectivity index (χ0v) is 26.7.